The van der Waals surface area contributed by atoms with Crippen LogP contribution in [0.3, 0.4) is 0 Å². The predicted molar refractivity (Wildman–Crippen MR) is 85.6 cm³/mol. The highest BCUT2D eigenvalue weighted by molar-refractivity contribution is 5.94. The number of carboxylic acids is 1. The Hall–Kier alpha value is -1.91. The van der Waals surface area contributed by atoms with E-state index in [4.69, 9.17) is 0 Å². The van der Waals surface area contributed by atoms with Gasteiger partial charge in [0.15, 0.2) is 6.17 Å². The lowest BCUT2D eigenvalue weighted by Gasteiger charge is -2.43. The number of nitrogens with zero attached hydrogens (tertiary/aromatic N) is 1. The monoisotopic (exact) mass is 321 g/mol. The van der Waals surface area contributed by atoms with E-state index < -0.39 is 41.0 Å². The molecule has 0 bridgehead atoms. The van der Waals surface area contributed by atoms with E-state index in [2.05, 4.69) is 0 Å². The fourth-order valence-corrected chi connectivity index (χ4v) is 3.79. The Labute approximate surface area is 136 Å². The summed E-state index contributed by atoms with van der Waals surface area (Å²) in [6.45, 7) is 8.68. The summed E-state index contributed by atoms with van der Waals surface area (Å²) in [5, 5.41) is 9.65. The van der Waals surface area contributed by atoms with Crippen molar-refractivity contribution in [3.05, 3.63) is 35.9 Å². The molecule has 126 valence electrons. The lowest BCUT2D eigenvalue weighted by atomic mass is 9.69. The van der Waals surface area contributed by atoms with Gasteiger partial charge in [0.2, 0.25) is 0 Å². The summed E-state index contributed by atoms with van der Waals surface area (Å²) in [6.07, 6.45) is -2.05. The van der Waals surface area contributed by atoms with Gasteiger partial charge in [-0.1, -0.05) is 51.1 Å². The largest absolute Gasteiger partial charge is 0.481 e. The normalized spacial score (nSPS) is 29.7. The van der Waals surface area contributed by atoms with Crippen LogP contribution in [0.25, 0.3) is 0 Å². The topological polar surface area (TPSA) is 57.6 Å². The Morgan fingerprint density at radius 3 is 2.26 bits per heavy atom. The highest BCUT2D eigenvalue weighted by atomic mass is 19.1. The van der Waals surface area contributed by atoms with Crippen molar-refractivity contribution in [2.75, 3.05) is 0 Å². The minimum Gasteiger partial charge on any atom is -0.481 e. The van der Waals surface area contributed by atoms with Crippen LogP contribution in [0, 0.1) is 10.8 Å². The zero-order valence-electron chi connectivity index (χ0n) is 14.2. The van der Waals surface area contributed by atoms with Crippen LogP contribution < -0.4 is 0 Å². The van der Waals surface area contributed by atoms with E-state index in [9.17, 15) is 19.1 Å². The second-order valence-corrected chi connectivity index (χ2v) is 7.55. The highest BCUT2D eigenvalue weighted by Crippen LogP contribution is 2.50. The second kappa shape index (κ2) is 5.62. The zero-order chi connectivity index (χ0) is 17.6. The highest BCUT2D eigenvalue weighted by Gasteiger charge is 2.65. The summed E-state index contributed by atoms with van der Waals surface area (Å²) in [5.74, 6) is -2.02. The van der Waals surface area contributed by atoms with Crippen LogP contribution >= 0.6 is 0 Å². The van der Waals surface area contributed by atoms with Crippen molar-refractivity contribution in [2.45, 2.75) is 52.9 Å². The summed E-state index contributed by atoms with van der Waals surface area (Å²) in [5.41, 5.74) is -1.48. The summed E-state index contributed by atoms with van der Waals surface area (Å²) >= 11 is 0. The summed E-state index contributed by atoms with van der Waals surface area (Å²) in [6, 6.07) is 8.15. The molecule has 0 aromatic heterocycles. The van der Waals surface area contributed by atoms with Gasteiger partial charge in [-0.05, 0) is 24.8 Å². The molecule has 4 nitrogen and oxygen atoms in total. The lowest BCUT2D eigenvalue weighted by Crippen LogP contribution is -2.52. The van der Waals surface area contributed by atoms with Gasteiger partial charge in [-0.2, -0.15) is 0 Å². The molecule has 0 spiro atoms. The molecule has 5 heteroatoms. The molecule has 0 saturated carbocycles. The van der Waals surface area contributed by atoms with E-state index in [1.165, 1.54) is 11.8 Å². The Bertz CT molecular complexity index is 610. The molecule has 1 N–H and O–H groups in total. The van der Waals surface area contributed by atoms with Crippen molar-refractivity contribution in [1.29, 1.82) is 0 Å². The lowest BCUT2D eigenvalue weighted by molar-refractivity contribution is -0.155. The van der Waals surface area contributed by atoms with Crippen LogP contribution in [0.1, 0.15) is 46.2 Å². The van der Waals surface area contributed by atoms with Gasteiger partial charge in [-0.15, -0.1) is 0 Å². The maximum Gasteiger partial charge on any atom is 0.315 e. The van der Waals surface area contributed by atoms with Crippen molar-refractivity contribution < 1.29 is 19.1 Å². The van der Waals surface area contributed by atoms with Gasteiger partial charge in [-0.25, -0.2) is 4.39 Å². The van der Waals surface area contributed by atoms with Crippen LogP contribution in [0.15, 0.2) is 30.3 Å². The quantitative estimate of drug-likeness (QED) is 0.928. The maximum absolute atomic E-state index is 14.8. The van der Waals surface area contributed by atoms with E-state index in [1.54, 1.807) is 0 Å². The Morgan fingerprint density at radius 2 is 1.83 bits per heavy atom. The zero-order valence-corrected chi connectivity index (χ0v) is 14.2. The molecule has 1 aliphatic rings. The van der Waals surface area contributed by atoms with Crippen molar-refractivity contribution in [2.24, 2.45) is 10.8 Å². The van der Waals surface area contributed by atoms with Crippen LogP contribution in [-0.2, 0) is 9.59 Å². The van der Waals surface area contributed by atoms with Crippen molar-refractivity contribution in [3.8, 4) is 0 Å². The molecule has 2 unspecified atom stereocenters. The third-order valence-corrected chi connectivity index (χ3v) is 4.82. The molecule has 4 atom stereocenters. The third kappa shape index (κ3) is 2.62. The smallest absolute Gasteiger partial charge is 0.315 e. The second-order valence-electron chi connectivity index (χ2n) is 7.55. The number of amides is 1. The van der Waals surface area contributed by atoms with Gasteiger partial charge in [0.1, 0.15) is 5.41 Å². The number of carbonyl (C=O) groups is 2. The van der Waals surface area contributed by atoms with Crippen LogP contribution in [0.4, 0.5) is 4.39 Å². The number of halogens is 1. The number of benzene rings is 1. The molecule has 1 fully saturated rings. The standard InChI is InChI=1S/C18H24FNO3/c1-11(12-9-7-6-8-10-12)20-14(21)13(19)18(5,16(22)23)15(20)17(2,3)4/h6-11,13,15H,1-5H3,(H,22,23)/t11-,13?,15?,18+/m1/s1. The van der Waals surface area contributed by atoms with E-state index in [0.29, 0.717) is 0 Å². The Morgan fingerprint density at radius 1 is 1.30 bits per heavy atom. The van der Waals surface area contributed by atoms with Crippen LogP contribution in [0.2, 0.25) is 0 Å². The summed E-state index contributed by atoms with van der Waals surface area (Å²) in [4.78, 5) is 25.8. The van der Waals surface area contributed by atoms with Crippen LogP contribution in [0.5, 0.6) is 0 Å². The van der Waals surface area contributed by atoms with Gasteiger partial charge in [0.05, 0.1) is 12.1 Å². The number of alkyl halides is 1. The molecule has 1 amide bonds. The number of hydrogen-bond donors (Lipinski definition) is 1. The first-order chi connectivity index (χ1) is 10.5. The van der Waals surface area contributed by atoms with E-state index in [0.717, 1.165) is 5.56 Å². The molecule has 1 heterocycles. The molecule has 1 aromatic rings. The van der Waals surface area contributed by atoms with Gasteiger partial charge < -0.3 is 10.0 Å². The molecular weight excluding hydrogens is 297 g/mol. The molecule has 2 rings (SSSR count). The van der Waals surface area contributed by atoms with Gasteiger partial charge in [0, 0.05) is 0 Å². The fraction of sp³-hybridized carbons (Fsp3) is 0.556. The molecule has 1 aromatic carbocycles. The average Bonchev–Trinajstić information content (AvgIpc) is 2.69. The molecule has 1 aliphatic heterocycles. The van der Waals surface area contributed by atoms with Gasteiger partial charge in [-0.3, -0.25) is 9.59 Å². The van der Waals surface area contributed by atoms with Crippen molar-refractivity contribution in [3.63, 3.8) is 0 Å². The van der Waals surface area contributed by atoms with E-state index in [-0.39, 0.29) is 0 Å². The van der Waals surface area contributed by atoms with E-state index >= 15 is 0 Å². The average molecular weight is 321 g/mol. The minimum absolute atomic E-state index is 0.396. The SMILES string of the molecule is C[C@H](c1ccccc1)N1C(=O)C(F)[C@](C)(C(=O)O)C1C(C)(C)C. The number of carboxylic acid groups (broad SMARTS) is 1. The van der Waals surface area contributed by atoms with Crippen molar-refractivity contribution >= 4 is 11.9 Å². The number of likely N-dealkylation sites (tertiary alicyclic amines) is 1. The predicted octanol–water partition coefficient (Wildman–Crippen LogP) is 3.43. The molecule has 0 aliphatic carbocycles. The van der Waals surface area contributed by atoms with Crippen LogP contribution in [-0.4, -0.2) is 34.1 Å². The molecule has 0 radical (unpaired) electrons. The number of carbonyl (C=O) groups excluding carboxylic acids is 1. The molecular formula is C18H24FNO3. The summed E-state index contributed by atoms with van der Waals surface area (Å²) in [7, 11) is 0. The third-order valence-electron chi connectivity index (χ3n) is 4.82. The first-order valence-electron chi connectivity index (χ1n) is 7.77. The Kier molecular flexibility index (Phi) is 4.26. The van der Waals surface area contributed by atoms with Gasteiger partial charge >= 0.3 is 5.97 Å². The minimum atomic E-state index is -2.05. The first-order valence-corrected chi connectivity index (χ1v) is 7.77. The molecule has 23 heavy (non-hydrogen) atoms. The summed E-state index contributed by atoms with van der Waals surface area (Å²) < 4.78 is 14.8. The Balaban J connectivity index is 2.57. The first kappa shape index (κ1) is 17.4. The maximum atomic E-state index is 14.8. The van der Waals surface area contributed by atoms with Crippen molar-refractivity contribution in [1.82, 2.24) is 4.90 Å². The van der Waals surface area contributed by atoms with Gasteiger partial charge in [0.25, 0.3) is 5.91 Å². The molecule has 1 saturated heterocycles. The number of rotatable bonds is 3. The van der Waals surface area contributed by atoms with E-state index in [1.807, 2.05) is 58.0 Å². The fourth-order valence-electron chi connectivity index (χ4n) is 3.79. The number of aliphatic carboxylic acids is 1. The number of hydrogen-bond acceptors (Lipinski definition) is 2.